The lowest BCUT2D eigenvalue weighted by atomic mass is 10.1. The Kier molecular flexibility index (Phi) is 58.6. The van der Waals surface area contributed by atoms with E-state index in [1.54, 1.807) is 0 Å². The molecule has 0 aliphatic carbocycles. The summed E-state index contributed by atoms with van der Waals surface area (Å²) >= 11 is 0. The molecular weight excluding hydrogens is 949 g/mol. The summed E-state index contributed by atoms with van der Waals surface area (Å²) in [6, 6.07) is 0. The molecule has 0 aliphatic rings. The Morgan fingerprint density at radius 3 is 0.792 bits per heavy atom. The lowest BCUT2D eigenvalue weighted by Crippen LogP contribution is -2.30. The molecule has 0 radical (unpaired) electrons. The molecule has 6 heteroatoms. The Bertz CT molecular complexity index is 1840. The molecule has 0 heterocycles. The van der Waals surface area contributed by atoms with Gasteiger partial charge >= 0.3 is 17.9 Å². The van der Waals surface area contributed by atoms with Crippen molar-refractivity contribution in [2.45, 2.75) is 232 Å². The predicted octanol–water partition coefficient (Wildman–Crippen LogP) is 20.9. The van der Waals surface area contributed by atoms with E-state index in [0.29, 0.717) is 19.3 Å². The molecule has 1 atom stereocenters. The monoisotopic (exact) mass is 1060 g/mol. The summed E-state index contributed by atoms with van der Waals surface area (Å²) in [6.45, 7) is 6.19. The highest BCUT2D eigenvalue weighted by Gasteiger charge is 2.19. The molecule has 0 aromatic carbocycles. The van der Waals surface area contributed by atoms with E-state index in [-0.39, 0.29) is 31.6 Å². The Morgan fingerprint density at radius 1 is 0.260 bits per heavy atom. The number of allylic oxidation sites excluding steroid dienone is 30. The quantitative estimate of drug-likeness (QED) is 0.0261. The largest absolute Gasteiger partial charge is 0.462 e. The first-order valence-corrected chi connectivity index (χ1v) is 30.3. The SMILES string of the molecule is CC/C=C\C/C=C\C/C=C\C/C=C\C/C=C\C/C=C\CCC(=O)OC(COC(=O)CCCCC/C=C\C/C=C\C/C=C\C/C=C\C/C=C\CC)COC(=O)CCCCCCCCCC/C=C\C/C=C\C/C=C\C/C=C\CC. The van der Waals surface area contributed by atoms with Crippen LogP contribution in [0.3, 0.4) is 0 Å². The van der Waals surface area contributed by atoms with Crippen molar-refractivity contribution in [1.82, 2.24) is 0 Å². The van der Waals surface area contributed by atoms with Crippen molar-refractivity contribution < 1.29 is 28.6 Å². The molecule has 6 nitrogen and oxygen atoms in total. The summed E-state index contributed by atoms with van der Waals surface area (Å²) in [6.07, 6.45) is 94.7. The summed E-state index contributed by atoms with van der Waals surface area (Å²) in [4.78, 5) is 38.3. The molecule has 0 fully saturated rings. The fourth-order valence-electron chi connectivity index (χ4n) is 7.48. The predicted molar refractivity (Wildman–Crippen MR) is 334 cm³/mol. The van der Waals surface area contributed by atoms with Crippen molar-refractivity contribution in [3.05, 3.63) is 182 Å². The van der Waals surface area contributed by atoms with Crippen LogP contribution in [0.2, 0.25) is 0 Å². The summed E-state index contributed by atoms with van der Waals surface area (Å²) in [5.41, 5.74) is 0. The molecule has 0 aromatic rings. The van der Waals surface area contributed by atoms with E-state index in [4.69, 9.17) is 14.2 Å². The molecule has 77 heavy (non-hydrogen) atoms. The first kappa shape index (κ1) is 71.5. The Balaban J connectivity index is 4.61. The highest BCUT2D eigenvalue weighted by Crippen LogP contribution is 2.13. The fraction of sp³-hybridized carbons (Fsp3) is 0.535. The molecule has 0 rings (SSSR count). The van der Waals surface area contributed by atoms with E-state index in [1.165, 1.54) is 32.1 Å². The third kappa shape index (κ3) is 61.2. The lowest BCUT2D eigenvalue weighted by molar-refractivity contribution is -0.166. The van der Waals surface area contributed by atoms with Gasteiger partial charge in [-0.1, -0.05) is 248 Å². The molecule has 0 saturated heterocycles. The molecule has 0 amide bonds. The van der Waals surface area contributed by atoms with Crippen molar-refractivity contribution in [1.29, 1.82) is 0 Å². The van der Waals surface area contributed by atoms with E-state index < -0.39 is 12.1 Å². The Morgan fingerprint density at radius 2 is 0.494 bits per heavy atom. The molecule has 0 N–H and O–H groups in total. The van der Waals surface area contributed by atoms with Crippen LogP contribution in [-0.4, -0.2) is 37.2 Å². The second-order valence-corrected chi connectivity index (χ2v) is 19.1. The van der Waals surface area contributed by atoms with Gasteiger partial charge < -0.3 is 14.2 Å². The minimum atomic E-state index is -0.848. The smallest absolute Gasteiger partial charge is 0.306 e. The number of esters is 3. The van der Waals surface area contributed by atoms with E-state index in [1.807, 2.05) is 12.2 Å². The highest BCUT2D eigenvalue weighted by molar-refractivity contribution is 5.71. The van der Waals surface area contributed by atoms with Gasteiger partial charge in [0.05, 0.1) is 0 Å². The van der Waals surface area contributed by atoms with Crippen molar-refractivity contribution >= 4 is 17.9 Å². The van der Waals surface area contributed by atoms with Gasteiger partial charge in [-0.05, 0) is 141 Å². The number of carbonyl (C=O) groups is 3. The normalized spacial score (nSPS) is 13.4. The topological polar surface area (TPSA) is 78.9 Å². The number of ether oxygens (including phenoxy) is 3. The Hall–Kier alpha value is -5.49. The average molecular weight is 1060 g/mol. The van der Waals surface area contributed by atoms with Crippen LogP contribution >= 0.6 is 0 Å². The third-order valence-corrected chi connectivity index (χ3v) is 11.9. The van der Waals surface area contributed by atoms with Gasteiger partial charge in [0.25, 0.3) is 0 Å². The minimum Gasteiger partial charge on any atom is -0.462 e. The van der Waals surface area contributed by atoms with E-state index >= 15 is 0 Å². The number of rotatable bonds is 52. The second-order valence-electron chi connectivity index (χ2n) is 19.1. The van der Waals surface area contributed by atoms with Gasteiger partial charge in [-0.25, -0.2) is 0 Å². The number of carbonyl (C=O) groups excluding carboxylic acids is 3. The third-order valence-electron chi connectivity index (χ3n) is 11.9. The second kappa shape index (κ2) is 63.0. The molecule has 0 bridgehead atoms. The maximum absolute atomic E-state index is 12.9. The van der Waals surface area contributed by atoms with Crippen LogP contribution in [0.25, 0.3) is 0 Å². The van der Waals surface area contributed by atoms with Crippen LogP contribution in [0.1, 0.15) is 226 Å². The van der Waals surface area contributed by atoms with Gasteiger partial charge in [-0.15, -0.1) is 0 Å². The zero-order valence-corrected chi connectivity index (χ0v) is 48.9. The van der Waals surface area contributed by atoms with Gasteiger partial charge in [0.2, 0.25) is 0 Å². The summed E-state index contributed by atoms with van der Waals surface area (Å²) < 4.78 is 16.8. The van der Waals surface area contributed by atoms with E-state index in [9.17, 15) is 14.4 Å². The van der Waals surface area contributed by atoms with Crippen LogP contribution in [0.15, 0.2) is 182 Å². The van der Waals surface area contributed by atoms with Crippen molar-refractivity contribution in [3.8, 4) is 0 Å². The number of hydrogen-bond donors (Lipinski definition) is 0. The maximum Gasteiger partial charge on any atom is 0.306 e. The number of hydrogen-bond acceptors (Lipinski definition) is 6. The highest BCUT2D eigenvalue weighted by atomic mass is 16.6. The van der Waals surface area contributed by atoms with Crippen LogP contribution in [0.5, 0.6) is 0 Å². The fourth-order valence-corrected chi connectivity index (χ4v) is 7.48. The first-order valence-electron chi connectivity index (χ1n) is 30.3. The van der Waals surface area contributed by atoms with Gasteiger partial charge in [-0.2, -0.15) is 0 Å². The van der Waals surface area contributed by atoms with Crippen molar-refractivity contribution in [2.75, 3.05) is 13.2 Å². The summed E-state index contributed by atoms with van der Waals surface area (Å²) in [5.74, 6) is -1.07. The molecule has 0 aliphatic heterocycles. The zero-order chi connectivity index (χ0) is 55.7. The van der Waals surface area contributed by atoms with Gasteiger partial charge in [0.1, 0.15) is 13.2 Å². The van der Waals surface area contributed by atoms with E-state index in [0.717, 1.165) is 148 Å². The van der Waals surface area contributed by atoms with Crippen LogP contribution in [0.4, 0.5) is 0 Å². The summed E-state index contributed by atoms with van der Waals surface area (Å²) in [5, 5.41) is 0. The molecule has 0 spiro atoms. The minimum absolute atomic E-state index is 0.133. The van der Waals surface area contributed by atoms with Crippen LogP contribution in [0, 0.1) is 0 Å². The maximum atomic E-state index is 12.9. The van der Waals surface area contributed by atoms with Gasteiger partial charge in [0.15, 0.2) is 6.10 Å². The van der Waals surface area contributed by atoms with Gasteiger partial charge in [-0.3, -0.25) is 14.4 Å². The molecule has 428 valence electrons. The first-order chi connectivity index (χ1) is 38.0. The average Bonchev–Trinajstić information content (AvgIpc) is 3.43. The Labute approximate surface area is 472 Å². The van der Waals surface area contributed by atoms with Crippen molar-refractivity contribution in [3.63, 3.8) is 0 Å². The summed E-state index contributed by atoms with van der Waals surface area (Å²) in [7, 11) is 0. The van der Waals surface area contributed by atoms with Crippen LogP contribution < -0.4 is 0 Å². The van der Waals surface area contributed by atoms with E-state index in [2.05, 4.69) is 191 Å². The number of unbranched alkanes of at least 4 members (excludes halogenated alkanes) is 11. The van der Waals surface area contributed by atoms with Crippen molar-refractivity contribution in [2.24, 2.45) is 0 Å². The lowest BCUT2D eigenvalue weighted by Gasteiger charge is -2.18. The molecule has 0 aromatic heterocycles. The molecular formula is C71H108O6. The van der Waals surface area contributed by atoms with Gasteiger partial charge in [0, 0.05) is 19.3 Å². The molecule has 1 unspecified atom stereocenters. The van der Waals surface area contributed by atoms with Crippen LogP contribution in [-0.2, 0) is 28.6 Å². The standard InChI is InChI=1S/C71H108O6/c1-4-7-10-13-16-19-22-25-28-31-34-35-38-40-43-46-49-52-55-58-61-64-70(73)76-67-68(77-71(74)65-62-59-56-53-50-47-44-41-37-33-30-27-24-21-18-15-12-9-6-3)66-75-69(72)63-60-57-54-51-48-45-42-39-36-32-29-26-23-20-17-14-11-8-5-2/h7-12,16-21,25-30,34-37,39,41,45,47-48,50,56,59,68H,4-6,13-15,22-24,31-33,38,40,42-44,46,49,51-55,57-58,60-67H2,1-3H3/b10-7-,11-8-,12-9-,19-16-,20-17-,21-18-,28-25-,29-26-,30-27-,35-34-,39-36-,41-37-,48-45-,50-47-,59-56-. The zero-order valence-electron chi connectivity index (χ0n) is 48.9. The molecule has 0 saturated carbocycles.